The summed E-state index contributed by atoms with van der Waals surface area (Å²) >= 11 is 0. The number of rotatable bonds is 6. The van der Waals surface area contributed by atoms with Crippen molar-refractivity contribution in [2.75, 3.05) is 6.61 Å². The summed E-state index contributed by atoms with van der Waals surface area (Å²) in [6.07, 6.45) is 3.49. The number of aryl methyl sites for hydroxylation is 1. The molecule has 0 bridgehead atoms. The Morgan fingerprint density at radius 1 is 0.850 bits per heavy atom. The third-order valence-electron chi connectivity index (χ3n) is 8.46. The fourth-order valence-corrected chi connectivity index (χ4v) is 6.17. The first-order valence-electron chi connectivity index (χ1n) is 14.2. The quantitative estimate of drug-likeness (QED) is 0.415. The number of carbonyl (C=O) groups is 4. The van der Waals surface area contributed by atoms with Crippen LogP contribution >= 0.6 is 0 Å². The highest BCUT2D eigenvalue weighted by Crippen LogP contribution is 2.41. The molecule has 40 heavy (non-hydrogen) atoms. The standard InChI is InChI=1S/C31H34N2O7/c1-16-3-8-24(32-16)30(36)39-15-26(34)19-5-7-21-20(11-19)14-38-28-13-22-18(12-23(21)28)6-10-27(29(22)35)40-31(37)25-9-4-17(2)33-25/h5,7,11-13,16-17,24-25,27,32-33H,3-4,6,8-10,14-15H2,1-2H3. The van der Waals surface area contributed by atoms with Gasteiger partial charge in [0.2, 0.25) is 5.78 Å². The summed E-state index contributed by atoms with van der Waals surface area (Å²) in [5.74, 6) is -0.639. The molecule has 210 valence electrons. The maximum absolute atomic E-state index is 13.3. The van der Waals surface area contributed by atoms with E-state index in [0.29, 0.717) is 42.6 Å². The van der Waals surface area contributed by atoms with Crippen LogP contribution in [0.3, 0.4) is 0 Å². The SMILES string of the molecule is CC1CCC(C(=O)OCC(=O)c2ccc3c(c2)COc2cc4c(cc2-3)CCC(OC(=O)C2CCC(C)N2)C4=O)N1. The maximum atomic E-state index is 13.3. The average Bonchev–Trinajstić information content (AvgIpc) is 3.60. The summed E-state index contributed by atoms with van der Waals surface area (Å²) in [6, 6.07) is 8.93. The number of ketones is 2. The first-order chi connectivity index (χ1) is 19.3. The van der Waals surface area contributed by atoms with Crippen molar-refractivity contribution in [2.45, 2.75) is 89.3 Å². The van der Waals surface area contributed by atoms with Gasteiger partial charge in [0.25, 0.3) is 0 Å². The van der Waals surface area contributed by atoms with Crippen molar-refractivity contribution in [1.82, 2.24) is 10.6 Å². The number of carbonyl (C=O) groups excluding carboxylic acids is 4. The van der Waals surface area contributed by atoms with Gasteiger partial charge < -0.3 is 24.8 Å². The van der Waals surface area contributed by atoms with Crippen molar-refractivity contribution in [3.63, 3.8) is 0 Å². The molecule has 2 N–H and O–H groups in total. The molecule has 0 spiro atoms. The predicted octanol–water partition coefficient (Wildman–Crippen LogP) is 3.29. The summed E-state index contributed by atoms with van der Waals surface area (Å²) in [5.41, 5.74) is 4.52. The van der Waals surface area contributed by atoms with Crippen LogP contribution in [0, 0.1) is 0 Å². The second-order valence-electron chi connectivity index (χ2n) is 11.4. The summed E-state index contributed by atoms with van der Waals surface area (Å²) in [5, 5.41) is 6.38. The zero-order chi connectivity index (χ0) is 28.0. The number of hydrogen-bond acceptors (Lipinski definition) is 9. The van der Waals surface area contributed by atoms with Gasteiger partial charge in [0.1, 0.15) is 24.4 Å². The molecule has 4 aliphatic rings. The van der Waals surface area contributed by atoms with Crippen LogP contribution in [-0.2, 0) is 32.1 Å². The van der Waals surface area contributed by atoms with E-state index in [4.69, 9.17) is 14.2 Å². The molecular formula is C31H34N2O7. The van der Waals surface area contributed by atoms with Gasteiger partial charge in [-0.3, -0.25) is 19.2 Å². The molecule has 5 unspecified atom stereocenters. The second-order valence-corrected chi connectivity index (χ2v) is 11.4. The van der Waals surface area contributed by atoms with Gasteiger partial charge in [0.05, 0.1) is 0 Å². The number of nitrogens with one attached hydrogen (secondary N) is 2. The molecule has 9 nitrogen and oxygen atoms in total. The number of ether oxygens (including phenoxy) is 3. The molecular weight excluding hydrogens is 512 g/mol. The highest BCUT2D eigenvalue weighted by atomic mass is 16.5. The minimum absolute atomic E-state index is 0.199. The van der Waals surface area contributed by atoms with Gasteiger partial charge in [0, 0.05) is 28.8 Å². The Balaban J connectivity index is 1.14. The molecule has 2 aromatic rings. The lowest BCUT2D eigenvalue weighted by Crippen LogP contribution is -2.40. The van der Waals surface area contributed by atoms with E-state index in [2.05, 4.69) is 10.6 Å². The Kier molecular flexibility index (Phi) is 7.18. The number of fused-ring (bicyclic) bond motifs is 4. The van der Waals surface area contributed by atoms with Crippen molar-refractivity contribution in [2.24, 2.45) is 0 Å². The summed E-state index contributed by atoms with van der Waals surface area (Å²) < 4.78 is 16.9. The Morgan fingerprint density at radius 3 is 2.27 bits per heavy atom. The molecule has 0 saturated carbocycles. The van der Waals surface area contributed by atoms with E-state index in [0.717, 1.165) is 35.1 Å². The molecule has 9 heteroatoms. The number of benzene rings is 2. The van der Waals surface area contributed by atoms with Crippen LogP contribution in [0.15, 0.2) is 30.3 Å². The fourth-order valence-electron chi connectivity index (χ4n) is 6.17. The van der Waals surface area contributed by atoms with Crippen molar-refractivity contribution in [1.29, 1.82) is 0 Å². The van der Waals surface area contributed by atoms with E-state index < -0.39 is 12.1 Å². The normalized spacial score (nSPS) is 26.8. The Labute approximate surface area is 232 Å². The van der Waals surface area contributed by atoms with Gasteiger partial charge in [-0.1, -0.05) is 12.1 Å². The van der Waals surface area contributed by atoms with Crippen LogP contribution in [-0.4, -0.2) is 60.4 Å². The Hall–Kier alpha value is -3.56. The smallest absolute Gasteiger partial charge is 0.323 e. The summed E-state index contributed by atoms with van der Waals surface area (Å²) in [6.45, 7) is 3.98. The monoisotopic (exact) mass is 546 g/mol. The molecule has 5 atom stereocenters. The van der Waals surface area contributed by atoms with E-state index in [9.17, 15) is 19.2 Å². The van der Waals surface area contributed by atoms with Gasteiger partial charge in [-0.2, -0.15) is 0 Å². The van der Waals surface area contributed by atoms with Gasteiger partial charge in [0.15, 0.2) is 18.5 Å². The first-order valence-corrected chi connectivity index (χ1v) is 14.2. The fraction of sp³-hybridized carbons (Fsp3) is 0.484. The van der Waals surface area contributed by atoms with Crippen molar-refractivity contribution >= 4 is 23.5 Å². The maximum Gasteiger partial charge on any atom is 0.323 e. The first kappa shape index (κ1) is 26.7. The van der Waals surface area contributed by atoms with E-state index in [-0.39, 0.29) is 54.9 Å². The second kappa shape index (κ2) is 10.8. The topological polar surface area (TPSA) is 120 Å². The van der Waals surface area contributed by atoms with Crippen LogP contribution in [0.4, 0.5) is 0 Å². The van der Waals surface area contributed by atoms with Gasteiger partial charge in [-0.05, 0) is 87.3 Å². The number of Topliss-reactive ketones (excluding diaryl/α,β-unsaturated/α-hetero) is 2. The average molecular weight is 547 g/mol. The van der Waals surface area contributed by atoms with Crippen molar-refractivity contribution in [3.05, 3.63) is 52.6 Å². The predicted molar refractivity (Wildman–Crippen MR) is 145 cm³/mol. The third kappa shape index (κ3) is 5.15. The van der Waals surface area contributed by atoms with Gasteiger partial charge >= 0.3 is 11.9 Å². The lowest BCUT2D eigenvalue weighted by molar-refractivity contribution is -0.149. The molecule has 6 rings (SSSR count). The van der Waals surface area contributed by atoms with Crippen LogP contribution in [0.25, 0.3) is 11.1 Å². The summed E-state index contributed by atoms with van der Waals surface area (Å²) in [7, 11) is 0. The highest BCUT2D eigenvalue weighted by molar-refractivity contribution is 6.04. The van der Waals surface area contributed by atoms with Crippen LogP contribution in [0.1, 0.15) is 77.8 Å². The third-order valence-corrected chi connectivity index (χ3v) is 8.46. The zero-order valence-corrected chi connectivity index (χ0v) is 22.8. The Bertz CT molecular complexity index is 1390. The van der Waals surface area contributed by atoms with E-state index >= 15 is 0 Å². The van der Waals surface area contributed by atoms with E-state index in [1.165, 1.54) is 0 Å². The molecule has 3 aliphatic heterocycles. The van der Waals surface area contributed by atoms with E-state index in [1.54, 1.807) is 18.2 Å². The van der Waals surface area contributed by atoms with Crippen molar-refractivity contribution < 1.29 is 33.4 Å². The molecule has 2 saturated heterocycles. The molecule has 2 fully saturated rings. The van der Waals surface area contributed by atoms with Crippen LogP contribution in [0.5, 0.6) is 5.75 Å². The van der Waals surface area contributed by atoms with Gasteiger partial charge in [-0.15, -0.1) is 0 Å². The molecule has 2 aromatic carbocycles. The molecule has 0 aromatic heterocycles. The largest absolute Gasteiger partial charge is 0.488 e. The van der Waals surface area contributed by atoms with Crippen molar-refractivity contribution in [3.8, 4) is 16.9 Å². The lowest BCUT2D eigenvalue weighted by atomic mass is 9.84. The zero-order valence-electron chi connectivity index (χ0n) is 22.8. The van der Waals surface area contributed by atoms with E-state index in [1.807, 2.05) is 26.0 Å². The molecule has 0 radical (unpaired) electrons. The number of esters is 2. The summed E-state index contributed by atoms with van der Waals surface area (Å²) in [4.78, 5) is 50.9. The Morgan fingerprint density at radius 2 is 1.57 bits per heavy atom. The minimum Gasteiger partial charge on any atom is -0.488 e. The van der Waals surface area contributed by atoms with Crippen LogP contribution < -0.4 is 15.4 Å². The van der Waals surface area contributed by atoms with Gasteiger partial charge in [-0.25, -0.2) is 0 Å². The number of hydrogen-bond donors (Lipinski definition) is 2. The molecule has 1 aliphatic carbocycles. The minimum atomic E-state index is -0.790. The molecule has 3 heterocycles. The van der Waals surface area contributed by atoms with Crippen LogP contribution in [0.2, 0.25) is 0 Å². The lowest BCUT2D eigenvalue weighted by Gasteiger charge is -2.28. The highest BCUT2D eigenvalue weighted by Gasteiger charge is 2.36. The molecule has 0 amide bonds.